The third-order valence-electron chi connectivity index (χ3n) is 4.17. The average molecular weight is 361 g/mol. The number of amides is 1. The predicted octanol–water partition coefficient (Wildman–Crippen LogP) is 3.33. The van der Waals surface area contributed by atoms with Crippen LogP contribution in [0.2, 0.25) is 5.28 Å². The molecule has 1 aliphatic heterocycles. The Hall–Kier alpha value is -2.34. The zero-order valence-corrected chi connectivity index (χ0v) is 14.9. The normalized spacial score (nSPS) is 17.2. The maximum absolute atomic E-state index is 12.1. The third kappa shape index (κ3) is 4.82. The molecule has 1 saturated heterocycles. The number of ether oxygens (including phenoxy) is 1. The molecule has 0 bridgehead atoms. The molecule has 1 atom stereocenters. The lowest BCUT2D eigenvalue weighted by Crippen LogP contribution is -2.48. The number of benzene rings is 1. The van der Waals surface area contributed by atoms with Crippen LogP contribution in [-0.2, 0) is 11.3 Å². The molecule has 1 aromatic carbocycles. The second-order valence-electron chi connectivity index (χ2n) is 6.14. The van der Waals surface area contributed by atoms with Gasteiger partial charge in [0, 0.05) is 30.9 Å². The second kappa shape index (κ2) is 8.16. The van der Waals surface area contributed by atoms with Crippen LogP contribution >= 0.6 is 11.6 Å². The van der Waals surface area contributed by atoms with Crippen molar-refractivity contribution in [2.24, 2.45) is 0 Å². The molecule has 1 amide bonds. The van der Waals surface area contributed by atoms with Crippen molar-refractivity contribution in [1.82, 2.24) is 15.3 Å². The average Bonchev–Trinajstić information content (AvgIpc) is 2.63. The smallest absolute Gasteiger partial charge is 0.407 e. The number of alkyl carbamates (subject to hydrolysis) is 1. The van der Waals surface area contributed by atoms with E-state index in [9.17, 15) is 4.79 Å². The van der Waals surface area contributed by atoms with Crippen molar-refractivity contribution < 1.29 is 9.53 Å². The van der Waals surface area contributed by atoms with Gasteiger partial charge in [-0.1, -0.05) is 30.3 Å². The Kier molecular flexibility index (Phi) is 5.71. The molecule has 2 aromatic rings. The minimum absolute atomic E-state index is 0.0187. The number of hydrogen-bond donors (Lipinski definition) is 1. The number of carbonyl (C=O) groups excluding carboxylic acids is 1. The van der Waals surface area contributed by atoms with Gasteiger partial charge in [0.2, 0.25) is 5.28 Å². The van der Waals surface area contributed by atoms with Crippen molar-refractivity contribution in [2.45, 2.75) is 32.4 Å². The van der Waals surface area contributed by atoms with Gasteiger partial charge in [0.25, 0.3) is 0 Å². The summed E-state index contributed by atoms with van der Waals surface area (Å²) in [5, 5.41) is 3.18. The zero-order valence-electron chi connectivity index (χ0n) is 14.1. The first-order valence-corrected chi connectivity index (χ1v) is 8.71. The first kappa shape index (κ1) is 17.5. The fourth-order valence-electron chi connectivity index (χ4n) is 2.95. The Balaban J connectivity index is 1.54. The van der Waals surface area contributed by atoms with E-state index in [1.807, 2.05) is 37.3 Å². The molecule has 3 rings (SSSR count). The number of rotatable bonds is 4. The van der Waals surface area contributed by atoms with E-state index in [0.29, 0.717) is 6.54 Å². The van der Waals surface area contributed by atoms with Crippen molar-refractivity contribution >= 4 is 23.5 Å². The molecule has 132 valence electrons. The Morgan fingerprint density at radius 1 is 1.40 bits per heavy atom. The summed E-state index contributed by atoms with van der Waals surface area (Å²) in [6, 6.07) is 9.65. The summed E-state index contributed by atoms with van der Waals surface area (Å²) in [6.07, 6.45) is 3.20. The Morgan fingerprint density at radius 2 is 2.20 bits per heavy atom. The van der Waals surface area contributed by atoms with Crippen LogP contribution in [-0.4, -0.2) is 35.2 Å². The highest BCUT2D eigenvalue weighted by molar-refractivity contribution is 6.28. The molecule has 0 spiro atoms. The lowest BCUT2D eigenvalue weighted by molar-refractivity contribution is 0.134. The molecular weight excluding hydrogens is 340 g/mol. The molecule has 1 N–H and O–H groups in total. The minimum atomic E-state index is -0.395. The molecule has 0 saturated carbocycles. The highest BCUT2D eigenvalue weighted by atomic mass is 35.5. The van der Waals surface area contributed by atoms with Crippen molar-refractivity contribution in [3.8, 4) is 0 Å². The maximum atomic E-state index is 12.1. The number of hydrogen-bond acceptors (Lipinski definition) is 5. The van der Waals surface area contributed by atoms with Gasteiger partial charge >= 0.3 is 6.09 Å². The Labute approximate surface area is 152 Å². The molecular formula is C18H21ClN4O2. The van der Waals surface area contributed by atoms with Crippen molar-refractivity contribution in [2.75, 3.05) is 18.0 Å². The number of halogens is 1. The summed E-state index contributed by atoms with van der Waals surface area (Å²) in [5.74, 6) is 0.823. The van der Waals surface area contributed by atoms with Gasteiger partial charge in [-0.25, -0.2) is 14.8 Å². The van der Waals surface area contributed by atoms with Crippen LogP contribution in [0.5, 0.6) is 0 Å². The van der Waals surface area contributed by atoms with Crippen LogP contribution in [0.1, 0.15) is 24.0 Å². The van der Waals surface area contributed by atoms with E-state index in [1.165, 1.54) is 0 Å². The highest BCUT2D eigenvalue weighted by Gasteiger charge is 2.24. The predicted molar refractivity (Wildman–Crippen MR) is 96.8 cm³/mol. The van der Waals surface area contributed by atoms with Gasteiger partial charge in [-0.2, -0.15) is 0 Å². The lowest BCUT2D eigenvalue weighted by Gasteiger charge is -2.34. The third-order valence-corrected chi connectivity index (χ3v) is 4.35. The van der Waals surface area contributed by atoms with E-state index < -0.39 is 6.09 Å². The molecule has 0 aliphatic carbocycles. The minimum Gasteiger partial charge on any atom is -0.445 e. The number of piperidine rings is 1. The first-order valence-electron chi connectivity index (χ1n) is 8.33. The SMILES string of the molecule is Cc1cnc(Cl)nc1N1CCCC(NC(=O)OCc2ccccc2)C1. The number of aromatic nitrogens is 2. The topological polar surface area (TPSA) is 67.4 Å². The largest absolute Gasteiger partial charge is 0.445 e. The van der Waals surface area contributed by atoms with E-state index in [-0.39, 0.29) is 17.9 Å². The van der Waals surface area contributed by atoms with E-state index in [1.54, 1.807) is 6.20 Å². The van der Waals surface area contributed by atoms with Crippen LogP contribution in [0.25, 0.3) is 0 Å². The molecule has 25 heavy (non-hydrogen) atoms. The van der Waals surface area contributed by atoms with Gasteiger partial charge in [-0.05, 0) is 36.9 Å². The van der Waals surface area contributed by atoms with Crippen LogP contribution < -0.4 is 10.2 Å². The molecule has 1 unspecified atom stereocenters. The van der Waals surface area contributed by atoms with E-state index in [0.717, 1.165) is 36.3 Å². The Bertz CT molecular complexity index is 726. The molecule has 1 fully saturated rings. The molecule has 6 nitrogen and oxygen atoms in total. The van der Waals surface area contributed by atoms with Crippen LogP contribution in [0.15, 0.2) is 36.5 Å². The molecule has 7 heteroatoms. The summed E-state index contributed by atoms with van der Waals surface area (Å²) in [6.45, 7) is 3.78. The molecule has 1 aliphatic rings. The van der Waals surface area contributed by atoms with Crippen LogP contribution in [0, 0.1) is 6.92 Å². The molecule has 2 heterocycles. The first-order chi connectivity index (χ1) is 12.1. The second-order valence-corrected chi connectivity index (χ2v) is 6.47. The van der Waals surface area contributed by atoms with Crippen molar-refractivity contribution in [3.05, 3.63) is 52.9 Å². The van der Waals surface area contributed by atoms with Gasteiger partial charge in [0.15, 0.2) is 0 Å². The van der Waals surface area contributed by atoms with Crippen molar-refractivity contribution in [3.63, 3.8) is 0 Å². The summed E-state index contributed by atoms with van der Waals surface area (Å²) in [4.78, 5) is 22.5. The van der Waals surface area contributed by atoms with Gasteiger partial charge in [0.1, 0.15) is 12.4 Å². The summed E-state index contributed by atoms with van der Waals surface area (Å²) < 4.78 is 5.30. The number of aryl methyl sites for hydroxylation is 1. The Morgan fingerprint density at radius 3 is 3.00 bits per heavy atom. The monoisotopic (exact) mass is 360 g/mol. The standard InChI is InChI=1S/C18H21ClN4O2/c1-13-10-20-17(19)22-16(13)23-9-5-8-15(11-23)21-18(24)25-12-14-6-3-2-4-7-14/h2-4,6-7,10,15H,5,8-9,11-12H2,1H3,(H,21,24). The zero-order chi connectivity index (χ0) is 17.6. The summed E-state index contributed by atoms with van der Waals surface area (Å²) in [7, 11) is 0. The van der Waals surface area contributed by atoms with E-state index in [4.69, 9.17) is 16.3 Å². The maximum Gasteiger partial charge on any atom is 0.407 e. The van der Waals surface area contributed by atoms with E-state index >= 15 is 0 Å². The van der Waals surface area contributed by atoms with Gasteiger partial charge in [0.05, 0.1) is 0 Å². The lowest BCUT2D eigenvalue weighted by atomic mass is 10.1. The van der Waals surface area contributed by atoms with Crippen LogP contribution in [0.4, 0.5) is 10.6 Å². The van der Waals surface area contributed by atoms with Crippen molar-refractivity contribution in [1.29, 1.82) is 0 Å². The molecule has 1 aromatic heterocycles. The fourth-order valence-corrected chi connectivity index (χ4v) is 3.08. The van der Waals surface area contributed by atoms with Gasteiger partial charge in [-0.15, -0.1) is 0 Å². The van der Waals surface area contributed by atoms with E-state index in [2.05, 4.69) is 20.2 Å². The number of nitrogens with one attached hydrogen (secondary N) is 1. The highest BCUT2D eigenvalue weighted by Crippen LogP contribution is 2.22. The summed E-state index contributed by atoms with van der Waals surface area (Å²) in [5.41, 5.74) is 1.94. The number of carbonyl (C=O) groups is 1. The number of anilines is 1. The van der Waals surface area contributed by atoms with Gasteiger partial charge in [-0.3, -0.25) is 0 Å². The molecule has 0 radical (unpaired) electrons. The number of nitrogens with zero attached hydrogens (tertiary/aromatic N) is 3. The summed E-state index contributed by atoms with van der Waals surface area (Å²) >= 11 is 5.92. The van der Waals surface area contributed by atoms with Crippen LogP contribution in [0.3, 0.4) is 0 Å². The quantitative estimate of drug-likeness (QED) is 0.847. The fraction of sp³-hybridized carbons (Fsp3) is 0.389. The van der Waals surface area contributed by atoms with Gasteiger partial charge < -0.3 is 15.0 Å².